The van der Waals surface area contributed by atoms with Gasteiger partial charge in [-0.15, -0.1) is 0 Å². The lowest BCUT2D eigenvalue weighted by atomic mass is 10.0. The minimum absolute atomic E-state index is 0.147. The first-order chi connectivity index (χ1) is 16.9. The first-order valence-electron chi connectivity index (χ1n) is 10.5. The van der Waals surface area contributed by atoms with Crippen LogP contribution in [0.5, 0.6) is 17.2 Å². The second-order valence-electron chi connectivity index (χ2n) is 7.61. The fourth-order valence-corrected chi connectivity index (χ4v) is 3.77. The average molecular weight is 470 g/mol. The third kappa shape index (κ3) is 4.24. The highest BCUT2D eigenvalue weighted by atomic mass is 16.5. The Morgan fingerprint density at radius 3 is 2.20 bits per heavy atom. The molecular weight excluding hydrogens is 452 g/mol. The topological polar surface area (TPSA) is 105 Å². The van der Waals surface area contributed by atoms with E-state index in [0.29, 0.717) is 33.4 Å². The number of esters is 1. The summed E-state index contributed by atoms with van der Waals surface area (Å²) in [7, 11) is 2.95. The number of rotatable bonds is 5. The molecule has 5 aromatic rings. The van der Waals surface area contributed by atoms with Crippen molar-refractivity contribution in [1.82, 2.24) is 0 Å². The van der Waals surface area contributed by atoms with E-state index in [9.17, 15) is 14.4 Å². The van der Waals surface area contributed by atoms with Crippen molar-refractivity contribution in [2.75, 3.05) is 14.2 Å². The molecule has 3 aromatic carbocycles. The molecule has 0 aliphatic carbocycles. The van der Waals surface area contributed by atoms with Crippen LogP contribution in [0.15, 0.2) is 91.2 Å². The van der Waals surface area contributed by atoms with Gasteiger partial charge in [-0.3, -0.25) is 0 Å². The SMILES string of the molecule is COc1cc(OC)cc(C(=O)Oc2ccc3c(-c4cc5ccccc5oc4=O)cc(=O)oc3c2)c1. The van der Waals surface area contributed by atoms with Gasteiger partial charge in [0.1, 0.15) is 28.4 Å². The number of benzene rings is 3. The van der Waals surface area contributed by atoms with Crippen LogP contribution in [0.25, 0.3) is 33.1 Å². The van der Waals surface area contributed by atoms with Gasteiger partial charge in [-0.25, -0.2) is 14.4 Å². The molecule has 174 valence electrons. The van der Waals surface area contributed by atoms with Crippen molar-refractivity contribution in [3.05, 3.63) is 99.2 Å². The Morgan fingerprint density at radius 2 is 1.46 bits per heavy atom. The molecule has 0 saturated heterocycles. The third-order valence-electron chi connectivity index (χ3n) is 5.45. The van der Waals surface area contributed by atoms with Gasteiger partial charge < -0.3 is 23.0 Å². The number of hydrogen-bond donors (Lipinski definition) is 0. The second-order valence-corrected chi connectivity index (χ2v) is 7.61. The Kier molecular flexibility index (Phi) is 5.54. The van der Waals surface area contributed by atoms with E-state index in [1.54, 1.807) is 42.5 Å². The van der Waals surface area contributed by atoms with E-state index in [0.717, 1.165) is 0 Å². The number of fused-ring (bicyclic) bond motifs is 2. The van der Waals surface area contributed by atoms with Crippen LogP contribution in [0, 0.1) is 0 Å². The molecule has 35 heavy (non-hydrogen) atoms. The van der Waals surface area contributed by atoms with E-state index in [2.05, 4.69) is 0 Å². The number of hydrogen-bond acceptors (Lipinski definition) is 8. The van der Waals surface area contributed by atoms with Crippen molar-refractivity contribution in [2.24, 2.45) is 0 Å². The minimum Gasteiger partial charge on any atom is -0.497 e. The second kappa shape index (κ2) is 8.83. The van der Waals surface area contributed by atoms with Crippen molar-refractivity contribution in [2.45, 2.75) is 0 Å². The number of carbonyl (C=O) groups excluding carboxylic acids is 1. The summed E-state index contributed by atoms with van der Waals surface area (Å²) in [6.45, 7) is 0. The third-order valence-corrected chi connectivity index (χ3v) is 5.45. The fraction of sp³-hybridized carbons (Fsp3) is 0.0741. The van der Waals surface area contributed by atoms with Gasteiger partial charge in [0.25, 0.3) is 0 Å². The molecule has 0 radical (unpaired) electrons. The summed E-state index contributed by atoms with van der Waals surface area (Å²) in [6.07, 6.45) is 0. The highest BCUT2D eigenvalue weighted by molar-refractivity contribution is 5.96. The number of para-hydroxylation sites is 1. The molecule has 2 aromatic heterocycles. The van der Waals surface area contributed by atoms with E-state index in [1.165, 1.54) is 38.5 Å². The first-order valence-corrected chi connectivity index (χ1v) is 10.5. The molecule has 0 N–H and O–H groups in total. The minimum atomic E-state index is -0.666. The van der Waals surface area contributed by atoms with Crippen molar-refractivity contribution < 1.29 is 27.8 Å². The van der Waals surface area contributed by atoms with Crippen LogP contribution in [0.2, 0.25) is 0 Å². The van der Waals surface area contributed by atoms with Crippen LogP contribution in [-0.2, 0) is 0 Å². The summed E-state index contributed by atoms with van der Waals surface area (Å²) in [6, 6.07) is 19.2. The molecule has 5 rings (SSSR count). The average Bonchev–Trinajstić information content (AvgIpc) is 2.87. The zero-order valence-corrected chi connectivity index (χ0v) is 18.7. The molecular formula is C27H18O8. The van der Waals surface area contributed by atoms with Gasteiger partial charge in [-0.05, 0) is 36.4 Å². The van der Waals surface area contributed by atoms with Gasteiger partial charge >= 0.3 is 17.2 Å². The number of carbonyl (C=O) groups is 1. The van der Waals surface area contributed by atoms with Crippen LogP contribution >= 0.6 is 0 Å². The molecule has 0 saturated carbocycles. The lowest BCUT2D eigenvalue weighted by Gasteiger charge is -2.10. The maximum atomic E-state index is 12.7. The molecule has 0 fully saturated rings. The Balaban J connectivity index is 1.55. The summed E-state index contributed by atoms with van der Waals surface area (Å²) < 4.78 is 26.6. The molecule has 8 nitrogen and oxygen atoms in total. The molecule has 2 heterocycles. The molecule has 0 aliphatic rings. The molecule has 0 atom stereocenters. The summed E-state index contributed by atoms with van der Waals surface area (Å²) in [5.41, 5.74) is 0.121. The Labute approximate surface area is 197 Å². The lowest BCUT2D eigenvalue weighted by molar-refractivity contribution is 0.0734. The molecule has 0 amide bonds. The van der Waals surface area contributed by atoms with Crippen LogP contribution in [0.4, 0.5) is 0 Å². The quantitative estimate of drug-likeness (QED) is 0.205. The van der Waals surface area contributed by atoms with Crippen LogP contribution in [0.3, 0.4) is 0 Å². The Morgan fingerprint density at radius 1 is 0.714 bits per heavy atom. The molecule has 0 spiro atoms. The predicted octanol–water partition coefficient (Wildman–Crippen LogP) is 4.80. The summed E-state index contributed by atoms with van der Waals surface area (Å²) in [5.74, 6) is 0.352. The van der Waals surface area contributed by atoms with E-state index >= 15 is 0 Å². The summed E-state index contributed by atoms with van der Waals surface area (Å²) in [4.78, 5) is 37.7. The maximum Gasteiger partial charge on any atom is 0.344 e. The predicted molar refractivity (Wildman–Crippen MR) is 128 cm³/mol. The highest BCUT2D eigenvalue weighted by Gasteiger charge is 2.16. The largest absolute Gasteiger partial charge is 0.497 e. The van der Waals surface area contributed by atoms with Gasteiger partial charge in [0.15, 0.2) is 0 Å². The van der Waals surface area contributed by atoms with E-state index < -0.39 is 17.2 Å². The molecule has 0 bridgehead atoms. The van der Waals surface area contributed by atoms with E-state index in [1.807, 2.05) is 6.07 Å². The van der Waals surface area contributed by atoms with Crippen molar-refractivity contribution in [3.8, 4) is 28.4 Å². The van der Waals surface area contributed by atoms with Crippen LogP contribution < -0.4 is 25.5 Å². The highest BCUT2D eigenvalue weighted by Crippen LogP contribution is 2.30. The first kappa shape index (κ1) is 22.0. The fourth-order valence-electron chi connectivity index (χ4n) is 3.77. The zero-order chi connectivity index (χ0) is 24.5. The maximum absolute atomic E-state index is 12.7. The monoisotopic (exact) mass is 470 g/mol. The number of ether oxygens (including phenoxy) is 3. The Hall–Kier alpha value is -4.85. The normalized spacial score (nSPS) is 10.9. The summed E-state index contributed by atoms with van der Waals surface area (Å²) in [5, 5.41) is 1.19. The standard InChI is InChI=1S/C27H18O8/c1-31-18-9-16(10-19(12-18)32-2)26(29)33-17-7-8-20-21(14-25(28)34-24(20)13-17)22-11-15-5-3-4-6-23(15)35-27(22)30/h3-14H,1-2H3. The summed E-state index contributed by atoms with van der Waals surface area (Å²) >= 11 is 0. The van der Waals surface area contributed by atoms with E-state index in [4.69, 9.17) is 23.0 Å². The van der Waals surface area contributed by atoms with Crippen molar-refractivity contribution in [3.63, 3.8) is 0 Å². The molecule has 0 aliphatic heterocycles. The van der Waals surface area contributed by atoms with Gasteiger partial charge in [-0.2, -0.15) is 0 Å². The zero-order valence-electron chi connectivity index (χ0n) is 18.7. The van der Waals surface area contributed by atoms with Crippen molar-refractivity contribution >= 4 is 27.9 Å². The van der Waals surface area contributed by atoms with Crippen LogP contribution in [-0.4, -0.2) is 20.2 Å². The molecule has 8 heteroatoms. The van der Waals surface area contributed by atoms with Gasteiger partial charge in [0, 0.05) is 34.5 Å². The molecule has 0 unspecified atom stereocenters. The lowest BCUT2D eigenvalue weighted by Crippen LogP contribution is -2.09. The van der Waals surface area contributed by atoms with Gasteiger partial charge in [-0.1, -0.05) is 18.2 Å². The van der Waals surface area contributed by atoms with E-state index in [-0.39, 0.29) is 22.5 Å². The van der Waals surface area contributed by atoms with Gasteiger partial charge in [0.05, 0.1) is 25.3 Å². The van der Waals surface area contributed by atoms with Crippen LogP contribution in [0.1, 0.15) is 10.4 Å². The Bertz CT molecular complexity index is 1690. The smallest absolute Gasteiger partial charge is 0.344 e. The number of methoxy groups -OCH3 is 2. The van der Waals surface area contributed by atoms with Gasteiger partial charge in [0.2, 0.25) is 0 Å². The van der Waals surface area contributed by atoms with Crippen molar-refractivity contribution in [1.29, 1.82) is 0 Å².